The monoisotopic (exact) mass is 440 g/mol. The number of alkyl halides is 3. The molecule has 27 heavy (non-hydrogen) atoms. The summed E-state index contributed by atoms with van der Waals surface area (Å²) in [7, 11) is -3.92. The summed E-state index contributed by atoms with van der Waals surface area (Å²) in [5, 5.41) is 2.33. The second-order valence-electron chi connectivity index (χ2n) is 5.46. The minimum Gasteiger partial charge on any atom is -0.324 e. The highest BCUT2D eigenvalue weighted by Crippen LogP contribution is 2.34. The maximum Gasteiger partial charge on any atom is 0.418 e. The molecule has 0 atom stereocenters. The van der Waals surface area contributed by atoms with Gasteiger partial charge in [0.15, 0.2) is 0 Å². The highest BCUT2D eigenvalue weighted by molar-refractivity contribution is 7.92. The van der Waals surface area contributed by atoms with Crippen LogP contribution in [0, 0.1) is 0 Å². The van der Waals surface area contributed by atoms with E-state index in [1.807, 2.05) is 0 Å². The first-order valence-corrected chi connectivity index (χ1v) is 9.89. The highest BCUT2D eigenvalue weighted by atomic mass is 35.5. The van der Waals surface area contributed by atoms with Crippen LogP contribution in [0.4, 0.5) is 24.5 Å². The van der Waals surface area contributed by atoms with E-state index >= 15 is 0 Å². The maximum absolute atomic E-state index is 13.0. The molecule has 0 radical (unpaired) electrons. The Morgan fingerprint density at radius 1 is 1.11 bits per heavy atom. The van der Waals surface area contributed by atoms with E-state index in [0.717, 1.165) is 18.4 Å². The summed E-state index contributed by atoms with van der Waals surface area (Å²) in [6, 6.07) is 8.28. The van der Waals surface area contributed by atoms with Crippen molar-refractivity contribution in [3.63, 3.8) is 0 Å². The number of halogens is 5. The van der Waals surface area contributed by atoms with Crippen LogP contribution in [0.3, 0.4) is 0 Å². The number of nitrogens with zero attached hydrogens (tertiary/aromatic N) is 1. The van der Waals surface area contributed by atoms with E-state index in [1.54, 1.807) is 0 Å². The van der Waals surface area contributed by atoms with Crippen LogP contribution < -0.4 is 9.62 Å². The summed E-state index contributed by atoms with van der Waals surface area (Å²) in [6.45, 7) is -0.747. The summed E-state index contributed by atoms with van der Waals surface area (Å²) >= 11 is 11.7. The van der Waals surface area contributed by atoms with Gasteiger partial charge in [0, 0.05) is 0 Å². The lowest BCUT2D eigenvalue weighted by Gasteiger charge is -2.22. The van der Waals surface area contributed by atoms with Gasteiger partial charge in [0.2, 0.25) is 15.9 Å². The number of carbonyl (C=O) groups excluding carboxylic acids is 1. The van der Waals surface area contributed by atoms with Crippen molar-refractivity contribution < 1.29 is 26.4 Å². The molecule has 5 nitrogen and oxygen atoms in total. The number of rotatable bonds is 5. The third-order valence-corrected chi connectivity index (χ3v) is 5.26. The number of hydrogen-bond acceptors (Lipinski definition) is 3. The molecule has 0 spiro atoms. The minimum atomic E-state index is -4.68. The van der Waals surface area contributed by atoms with Gasteiger partial charge in [0.05, 0.1) is 33.2 Å². The molecule has 1 amide bonds. The second-order valence-corrected chi connectivity index (χ2v) is 8.18. The van der Waals surface area contributed by atoms with Crippen molar-refractivity contribution in [1.29, 1.82) is 0 Å². The molecule has 0 aliphatic rings. The number of sulfonamides is 1. The van der Waals surface area contributed by atoms with E-state index in [0.29, 0.717) is 4.31 Å². The molecule has 0 aliphatic carbocycles. The smallest absolute Gasteiger partial charge is 0.324 e. The van der Waals surface area contributed by atoms with E-state index in [1.165, 1.54) is 30.3 Å². The van der Waals surface area contributed by atoms with Gasteiger partial charge in [-0.2, -0.15) is 13.2 Å². The van der Waals surface area contributed by atoms with Crippen LogP contribution in [-0.4, -0.2) is 27.1 Å². The molecule has 11 heteroatoms. The molecule has 0 bridgehead atoms. The van der Waals surface area contributed by atoms with E-state index in [-0.39, 0.29) is 15.7 Å². The summed E-state index contributed by atoms with van der Waals surface area (Å²) in [5.74, 6) is -0.955. The molecular weight excluding hydrogens is 428 g/mol. The van der Waals surface area contributed by atoms with Crippen LogP contribution in [0.15, 0.2) is 42.5 Å². The van der Waals surface area contributed by atoms with Crippen molar-refractivity contribution >= 4 is 50.5 Å². The van der Waals surface area contributed by atoms with Crippen LogP contribution >= 0.6 is 23.2 Å². The van der Waals surface area contributed by atoms with Crippen molar-refractivity contribution in [3.8, 4) is 0 Å². The molecule has 1 N–H and O–H groups in total. The van der Waals surface area contributed by atoms with Crippen LogP contribution in [0.5, 0.6) is 0 Å². The Labute approximate surface area is 163 Å². The van der Waals surface area contributed by atoms with Gasteiger partial charge >= 0.3 is 6.18 Å². The number of amides is 1. The largest absolute Gasteiger partial charge is 0.418 e. The predicted molar refractivity (Wildman–Crippen MR) is 98.7 cm³/mol. The summed E-state index contributed by atoms with van der Waals surface area (Å²) < 4.78 is 63.8. The Hall–Kier alpha value is -1.97. The fourth-order valence-corrected chi connectivity index (χ4v) is 3.34. The fraction of sp³-hybridized carbons (Fsp3) is 0.188. The molecule has 0 fully saturated rings. The summed E-state index contributed by atoms with van der Waals surface area (Å²) in [5.41, 5.74) is -1.47. The van der Waals surface area contributed by atoms with Gasteiger partial charge in [-0.1, -0.05) is 35.3 Å². The lowest BCUT2D eigenvalue weighted by molar-refractivity contribution is -0.137. The van der Waals surface area contributed by atoms with Crippen molar-refractivity contribution in [2.24, 2.45) is 0 Å². The van der Waals surface area contributed by atoms with E-state index in [2.05, 4.69) is 5.32 Å². The fourth-order valence-electron chi connectivity index (χ4n) is 2.20. The molecule has 2 aromatic carbocycles. The molecule has 0 saturated heterocycles. The van der Waals surface area contributed by atoms with Crippen molar-refractivity contribution in [3.05, 3.63) is 58.1 Å². The maximum atomic E-state index is 13.0. The first kappa shape index (κ1) is 21.3. The van der Waals surface area contributed by atoms with Gasteiger partial charge in [0.25, 0.3) is 0 Å². The van der Waals surface area contributed by atoms with Gasteiger partial charge in [0.1, 0.15) is 6.54 Å². The third kappa shape index (κ3) is 5.50. The van der Waals surface area contributed by atoms with Gasteiger partial charge < -0.3 is 5.32 Å². The number of carbonyl (C=O) groups is 1. The Kier molecular flexibility index (Phi) is 6.28. The van der Waals surface area contributed by atoms with Crippen LogP contribution in [0.25, 0.3) is 0 Å². The lowest BCUT2D eigenvalue weighted by atomic mass is 10.1. The van der Waals surface area contributed by atoms with Crippen molar-refractivity contribution in [2.75, 3.05) is 22.4 Å². The molecule has 2 aromatic rings. The molecule has 0 heterocycles. The average molecular weight is 441 g/mol. The molecule has 0 unspecified atom stereocenters. The van der Waals surface area contributed by atoms with Crippen molar-refractivity contribution in [2.45, 2.75) is 6.18 Å². The standard InChI is InChI=1S/C16H13Cl2F3N2O3S/c1-27(25,26)23(10-6-7-12(17)13(18)8-10)9-15(24)22-14-5-3-2-4-11(14)16(19,20)21/h2-8H,9H2,1H3,(H,22,24). The first-order valence-electron chi connectivity index (χ1n) is 7.28. The Bertz CT molecular complexity index is 966. The number of benzene rings is 2. The quantitative estimate of drug-likeness (QED) is 0.748. The minimum absolute atomic E-state index is 0.0474. The molecule has 146 valence electrons. The molecule has 0 aliphatic heterocycles. The zero-order valence-electron chi connectivity index (χ0n) is 13.7. The number of anilines is 2. The summed E-state index contributed by atoms with van der Waals surface area (Å²) in [6.07, 6.45) is -3.82. The van der Waals surface area contributed by atoms with Crippen LogP contribution in [-0.2, 0) is 21.0 Å². The molecule has 0 saturated carbocycles. The van der Waals surface area contributed by atoms with E-state index in [4.69, 9.17) is 23.2 Å². The van der Waals surface area contributed by atoms with Gasteiger partial charge in [-0.15, -0.1) is 0 Å². The topological polar surface area (TPSA) is 66.5 Å². The zero-order valence-corrected chi connectivity index (χ0v) is 16.0. The molecule has 2 rings (SSSR count). The van der Waals surface area contributed by atoms with Crippen LogP contribution in [0.2, 0.25) is 10.0 Å². The van der Waals surface area contributed by atoms with Gasteiger partial charge in [-0.25, -0.2) is 8.42 Å². The molecule has 0 aromatic heterocycles. The number of para-hydroxylation sites is 1. The Balaban J connectivity index is 2.30. The predicted octanol–water partition coefficient (Wildman–Crippen LogP) is 4.42. The lowest BCUT2D eigenvalue weighted by Crippen LogP contribution is -2.37. The second kappa shape index (κ2) is 7.95. The van der Waals surface area contributed by atoms with Gasteiger partial charge in [-0.3, -0.25) is 9.10 Å². The highest BCUT2D eigenvalue weighted by Gasteiger charge is 2.33. The molecular formula is C16H13Cl2F3N2O3S. The average Bonchev–Trinajstić information content (AvgIpc) is 2.54. The Morgan fingerprint density at radius 2 is 1.74 bits per heavy atom. The SMILES string of the molecule is CS(=O)(=O)N(CC(=O)Nc1ccccc1C(F)(F)F)c1ccc(Cl)c(Cl)c1. The zero-order chi connectivity index (χ0) is 20.4. The van der Waals surface area contributed by atoms with E-state index in [9.17, 15) is 26.4 Å². The van der Waals surface area contributed by atoms with Crippen molar-refractivity contribution in [1.82, 2.24) is 0 Å². The third-order valence-electron chi connectivity index (χ3n) is 3.39. The Morgan fingerprint density at radius 3 is 2.30 bits per heavy atom. The number of hydrogen-bond donors (Lipinski definition) is 1. The summed E-state index contributed by atoms with van der Waals surface area (Å²) in [4.78, 5) is 12.2. The first-order chi connectivity index (χ1) is 12.4. The van der Waals surface area contributed by atoms with Gasteiger partial charge in [-0.05, 0) is 30.3 Å². The number of nitrogens with one attached hydrogen (secondary N) is 1. The normalized spacial score (nSPS) is 11.9. The van der Waals surface area contributed by atoms with E-state index < -0.39 is 39.9 Å². The van der Waals surface area contributed by atoms with Crippen LogP contribution in [0.1, 0.15) is 5.56 Å².